The number of likely N-dealkylation sites (tertiary alicyclic amines) is 1. The van der Waals surface area contributed by atoms with Gasteiger partial charge in [-0.1, -0.05) is 51.1 Å². The first-order valence-corrected chi connectivity index (χ1v) is 12.1. The van der Waals surface area contributed by atoms with Crippen LogP contribution in [0.4, 0.5) is 19.0 Å². The number of amides is 1. The first-order chi connectivity index (χ1) is 17.9. The van der Waals surface area contributed by atoms with Crippen molar-refractivity contribution in [2.45, 2.75) is 64.2 Å². The van der Waals surface area contributed by atoms with E-state index in [2.05, 4.69) is 43.2 Å². The summed E-state index contributed by atoms with van der Waals surface area (Å²) in [5.74, 6) is -0.717. The number of benzene rings is 1. The van der Waals surface area contributed by atoms with Crippen LogP contribution in [0.2, 0.25) is 0 Å². The quantitative estimate of drug-likeness (QED) is 0.434. The highest BCUT2D eigenvalue weighted by molar-refractivity contribution is 5.98. The highest BCUT2D eigenvalue weighted by Gasteiger charge is 2.38. The van der Waals surface area contributed by atoms with Gasteiger partial charge in [0.15, 0.2) is 0 Å². The average molecular weight is 533 g/mol. The summed E-state index contributed by atoms with van der Waals surface area (Å²) < 4.78 is 37.2. The van der Waals surface area contributed by atoms with Crippen molar-refractivity contribution in [2.75, 3.05) is 11.9 Å². The molecule has 204 valence electrons. The van der Waals surface area contributed by atoms with Gasteiger partial charge >= 0.3 is 12.1 Å². The van der Waals surface area contributed by atoms with E-state index < -0.39 is 12.1 Å². The summed E-state index contributed by atoms with van der Waals surface area (Å²) >= 11 is 0. The molecule has 2 aromatic heterocycles. The molecule has 0 saturated carbocycles. The number of alkyl halides is 3. The molecule has 3 heterocycles. The average Bonchev–Trinajstić information content (AvgIpc) is 3.54. The van der Waals surface area contributed by atoms with E-state index in [-0.39, 0.29) is 17.4 Å². The second kappa shape index (κ2) is 12.1. The minimum atomic E-state index is -5.08. The summed E-state index contributed by atoms with van der Waals surface area (Å²) in [4.78, 5) is 33.7. The summed E-state index contributed by atoms with van der Waals surface area (Å²) in [7, 11) is 0. The fourth-order valence-electron chi connectivity index (χ4n) is 3.97. The molecule has 1 aliphatic heterocycles. The minimum absolute atomic E-state index is 0.0131. The van der Waals surface area contributed by atoms with Crippen LogP contribution < -0.4 is 5.32 Å². The number of halogens is 3. The molecule has 1 aromatic carbocycles. The zero-order chi connectivity index (χ0) is 27.9. The number of carbonyl (C=O) groups excluding carboxylic acids is 1. The summed E-state index contributed by atoms with van der Waals surface area (Å²) in [5.41, 5.74) is 1.55. The van der Waals surface area contributed by atoms with Crippen LogP contribution in [0.15, 0.2) is 59.3 Å². The van der Waals surface area contributed by atoms with Gasteiger partial charge in [-0.2, -0.15) is 13.2 Å². The fraction of sp³-hybridized carbons (Fsp3) is 0.407. The number of rotatable bonds is 6. The number of carbonyl (C=O) groups is 2. The van der Waals surface area contributed by atoms with Gasteiger partial charge in [-0.05, 0) is 37.0 Å². The van der Waals surface area contributed by atoms with E-state index in [0.29, 0.717) is 23.8 Å². The fourth-order valence-corrected chi connectivity index (χ4v) is 3.97. The number of nitrogens with one attached hydrogen (secondary N) is 1. The molecule has 11 heteroatoms. The van der Waals surface area contributed by atoms with Gasteiger partial charge in [0.05, 0.1) is 12.8 Å². The zero-order valence-corrected chi connectivity index (χ0v) is 21.5. The van der Waals surface area contributed by atoms with Gasteiger partial charge in [0.2, 0.25) is 0 Å². The molecule has 1 aliphatic rings. The topological polar surface area (TPSA) is 109 Å². The lowest BCUT2D eigenvalue weighted by atomic mass is 9.95. The molecule has 1 atom stereocenters. The molecule has 1 fully saturated rings. The molecule has 38 heavy (non-hydrogen) atoms. The van der Waals surface area contributed by atoms with Crippen LogP contribution in [0.25, 0.3) is 0 Å². The van der Waals surface area contributed by atoms with Gasteiger partial charge in [0, 0.05) is 24.2 Å². The third-order valence-corrected chi connectivity index (χ3v) is 5.89. The molecule has 0 aliphatic carbocycles. The van der Waals surface area contributed by atoms with E-state index in [0.717, 1.165) is 31.6 Å². The molecule has 0 spiro atoms. The van der Waals surface area contributed by atoms with Crippen LogP contribution >= 0.6 is 0 Å². The maximum absolute atomic E-state index is 13.6. The van der Waals surface area contributed by atoms with Crippen molar-refractivity contribution in [3.05, 3.63) is 77.6 Å². The van der Waals surface area contributed by atoms with E-state index in [1.807, 2.05) is 35.2 Å². The van der Waals surface area contributed by atoms with Crippen molar-refractivity contribution in [2.24, 2.45) is 0 Å². The predicted octanol–water partition coefficient (Wildman–Crippen LogP) is 5.46. The van der Waals surface area contributed by atoms with Gasteiger partial charge in [-0.25, -0.2) is 14.8 Å². The van der Waals surface area contributed by atoms with Crippen molar-refractivity contribution >= 4 is 17.7 Å². The first kappa shape index (κ1) is 28.7. The largest absolute Gasteiger partial charge is 0.490 e. The van der Waals surface area contributed by atoms with Gasteiger partial charge in [-0.3, -0.25) is 4.79 Å². The Labute approximate surface area is 218 Å². The zero-order valence-electron chi connectivity index (χ0n) is 21.5. The van der Waals surface area contributed by atoms with Crippen molar-refractivity contribution in [3.63, 3.8) is 0 Å². The Bertz CT molecular complexity index is 1210. The van der Waals surface area contributed by atoms with Gasteiger partial charge in [0.25, 0.3) is 5.91 Å². The number of furan rings is 1. The lowest BCUT2D eigenvalue weighted by molar-refractivity contribution is -0.192. The van der Waals surface area contributed by atoms with Crippen molar-refractivity contribution in [1.82, 2.24) is 14.9 Å². The molecular formula is C27H31F3N4O4. The Balaban J connectivity index is 0.000000505. The van der Waals surface area contributed by atoms with Crippen LogP contribution in [0.5, 0.6) is 0 Å². The number of anilines is 1. The number of nitrogens with zero attached hydrogens (tertiary/aromatic N) is 3. The highest BCUT2D eigenvalue weighted by atomic mass is 19.4. The van der Waals surface area contributed by atoms with Crippen LogP contribution in [-0.4, -0.2) is 50.6 Å². The Morgan fingerprint density at radius 2 is 1.82 bits per heavy atom. The van der Waals surface area contributed by atoms with Gasteiger partial charge < -0.3 is 19.7 Å². The minimum Gasteiger partial charge on any atom is -0.475 e. The van der Waals surface area contributed by atoms with E-state index in [1.54, 1.807) is 12.5 Å². The van der Waals surface area contributed by atoms with E-state index >= 15 is 0 Å². The number of aromatic nitrogens is 2. The molecule has 1 amide bonds. The van der Waals surface area contributed by atoms with Crippen LogP contribution in [0.3, 0.4) is 0 Å². The number of aliphatic carboxylic acids is 1. The second-order valence-electron chi connectivity index (χ2n) is 9.93. The van der Waals surface area contributed by atoms with Gasteiger partial charge in [-0.15, -0.1) is 0 Å². The van der Waals surface area contributed by atoms with E-state index in [4.69, 9.17) is 19.3 Å². The molecule has 8 nitrogen and oxygen atoms in total. The Hall–Kier alpha value is -3.89. The molecular weight excluding hydrogens is 501 g/mol. The van der Waals surface area contributed by atoms with E-state index in [1.165, 1.54) is 5.56 Å². The maximum Gasteiger partial charge on any atom is 0.490 e. The summed E-state index contributed by atoms with van der Waals surface area (Å²) in [6, 6.07) is 14.3. The molecule has 3 aromatic rings. The number of hydrogen-bond donors (Lipinski definition) is 2. The molecule has 1 unspecified atom stereocenters. The molecule has 0 bridgehead atoms. The SMILES string of the molecule is CC(C)(C)c1ncc(C(=O)N2CCCC2Cc2ccccc2)c(NCc2ccco2)n1.O=C(O)C(F)(F)F. The first-order valence-electron chi connectivity index (χ1n) is 12.1. The summed E-state index contributed by atoms with van der Waals surface area (Å²) in [5, 5.41) is 10.4. The normalized spacial score (nSPS) is 15.5. The lowest BCUT2D eigenvalue weighted by Crippen LogP contribution is -2.37. The molecule has 1 saturated heterocycles. The molecule has 0 radical (unpaired) electrons. The number of carboxylic acid groups (broad SMARTS) is 1. The standard InChI is InChI=1S/C25H30N4O2.C2HF3O2/c1-25(2,3)24-27-17-21(22(28-24)26-16-20-12-8-14-31-20)23(30)29-13-7-11-19(29)15-18-9-5-4-6-10-18;3-2(4,5)1(6)7/h4-6,8-10,12,14,17,19H,7,11,13,15-16H2,1-3H3,(H,26,27,28);(H,6,7). The number of hydrogen-bond acceptors (Lipinski definition) is 6. The van der Waals surface area contributed by atoms with Gasteiger partial charge in [0.1, 0.15) is 23.0 Å². The molecule has 2 N–H and O–H groups in total. The predicted molar refractivity (Wildman–Crippen MR) is 135 cm³/mol. The third kappa shape index (κ3) is 7.80. The number of carboxylic acids is 1. The highest BCUT2D eigenvalue weighted by Crippen LogP contribution is 2.27. The smallest absolute Gasteiger partial charge is 0.475 e. The van der Waals surface area contributed by atoms with Crippen molar-refractivity contribution in [3.8, 4) is 0 Å². The van der Waals surface area contributed by atoms with Crippen molar-refractivity contribution < 1.29 is 32.3 Å². The second-order valence-corrected chi connectivity index (χ2v) is 9.93. The molecule has 4 rings (SSSR count). The van der Waals surface area contributed by atoms with Crippen LogP contribution in [0.1, 0.15) is 61.1 Å². The third-order valence-electron chi connectivity index (χ3n) is 5.89. The van der Waals surface area contributed by atoms with Crippen LogP contribution in [-0.2, 0) is 23.2 Å². The van der Waals surface area contributed by atoms with Crippen LogP contribution in [0, 0.1) is 0 Å². The summed E-state index contributed by atoms with van der Waals surface area (Å²) in [6.07, 6.45) is 1.12. The Morgan fingerprint density at radius 3 is 2.39 bits per heavy atom. The monoisotopic (exact) mass is 532 g/mol. The lowest BCUT2D eigenvalue weighted by Gasteiger charge is -2.26. The maximum atomic E-state index is 13.6. The van der Waals surface area contributed by atoms with Crippen molar-refractivity contribution in [1.29, 1.82) is 0 Å². The Morgan fingerprint density at radius 1 is 1.13 bits per heavy atom. The summed E-state index contributed by atoms with van der Waals surface area (Å²) in [6.45, 7) is 7.42. The Kier molecular flexibility index (Phi) is 9.13. The van der Waals surface area contributed by atoms with E-state index in [9.17, 15) is 18.0 Å².